The van der Waals surface area contributed by atoms with Gasteiger partial charge in [0.2, 0.25) is 11.8 Å². The van der Waals surface area contributed by atoms with E-state index in [0.717, 1.165) is 17.8 Å². The van der Waals surface area contributed by atoms with E-state index in [-0.39, 0.29) is 5.91 Å². The third-order valence-electron chi connectivity index (χ3n) is 4.00. The highest BCUT2D eigenvalue weighted by atomic mass is 16.2. The predicted octanol–water partition coefficient (Wildman–Crippen LogP) is 2.61. The van der Waals surface area contributed by atoms with Crippen LogP contribution in [-0.4, -0.2) is 17.4 Å². The van der Waals surface area contributed by atoms with Gasteiger partial charge in [0, 0.05) is 18.7 Å². The quantitative estimate of drug-likeness (QED) is 0.691. The van der Waals surface area contributed by atoms with Gasteiger partial charge in [-0.3, -0.25) is 9.59 Å². The number of anilines is 1. The Morgan fingerprint density at radius 3 is 2.20 bits per heavy atom. The maximum absolute atomic E-state index is 11.9. The average molecular weight is 339 g/mol. The van der Waals surface area contributed by atoms with Crippen molar-refractivity contribution in [3.05, 3.63) is 65.7 Å². The zero-order chi connectivity index (χ0) is 18.3. The number of aryl methyl sites for hydroxylation is 1. The van der Waals surface area contributed by atoms with Gasteiger partial charge in [-0.1, -0.05) is 42.5 Å². The summed E-state index contributed by atoms with van der Waals surface area (Å²) in [4.78, 5) is 23.2. The molecule has 0 heterocycles. The highest BCUT2D eigenvalue weighted by Crippen LogP contribution is 2.13. The molecule has 0 bridgehead atoms. The lowest BCUT2D eigenvalue weighted by Crippen LogP contribution is -2.53. The molecule has 0 aromatic heterocycles. The molecular formula is C20H25N3O2. The van der Waals surface area contributed by atoms with Gasteiger partial charge in [0.25, 0.3) is 0 Å². The molecule has 2 aromatic carbocycles. The molecule has 5 heteroatoms. The van der Waals surface area contributed by atoms with Gasteiger partial charge in [-0.05, 0) is 43.5 Å². The number of hydrogen-bond acceptors (Lipinski definition) is 3. The lowest BCUT2D eigenvalue weighted by Gasteiger charge is -2.22. The van der Waals surface area contributed by atoms with Gasteiger partial charge in [-0.25, -0.2) is 0 Å². The Balaban J connectivity index is 1.80. The van der Waals surface area contributed by atoms with Gasteiger partial charge in [0.1, 0.15) is 5.54 Å². The van der Waals surface area contributed by atoms with Crippen LogP contribution in [-0.2, 0) is 22.6 Å². The summed E-state index contributed by atoms with van der Waals surface area (Å²) in [5, 5.41) is 6.02. The number of nitrogens with one attached hydrogen (secondary N) is 2. The van der Waals surface area contributed by atoms with Crippen molar-refractivity contribution in [3.8, 4) is 0 Å². The van der Waals surface area contributed by atoms with Crippen LogP contribution in [0.25, 0.3) is 0 Å². The summed E-state index contributed by atoms with van der Waals surface area (Å²) in [5.74, 6) is -0.732. The molecule has 0 unspecified atom stereocenters. The van der Waals surface area contributed by atoms with E-state index in [0.29, 0.717) is 12.8 Å². The molecule has 2 amide bonds. The van der Waals surface area contributed by atoms with Crippen LogP contribution < -0.4 is 16.4 Å². The van der Waals surface area contributed by atoms with Gasteiger partial charge in [0.15, 0.2) is 0 Å². The molecule has 0 aliphatic heterocycles. The minimum Gasteiger partial charge on any atom is -0.381 e. The van der Waals surface area contributed by atoms with Crippen molar-refractivity contribution in [2.24, 2.45) is 5.73 Å². The topological polar surface area (TPSA) is 84.2 Å². The van der Waals surface area contributed by atoms with E-state index in [9.17, 15) is 9.59 Å². The van der Waals surface area contributed by atoms with Crippen molar-refractivity contribution in [1.82, 2.24) is 5.32 Å². The molecule has 4 N–H and O–H groups in total. The Morgan fingerprint density at radius 2 is 1.60 bits per heavy atom. The molecular weight excluding hydrogens is 314 g/mol. The number of carbonyl (C=O) groups excluding carboxylic acids is 2. The molecule has 0 saturated heterocycles. The van der Waals surface area contributed by atoms with E-state index in [4.69, 9.17) is 5.73 Å². The fourth-order valence-corrected chi connectivity index (χ4v) is 2.32. The van der Waals surface area contributed by atoms with Gasteiger partial charge < -0.3 is 16.4 Å². The van der Waals surface area contributed by atoms with E-state index in [1.807, 2.05) is 42.5 Å². The molecule has 0 saturated carbocycles. The van der Waals surface area contributed by atoms with Gasteiger partial charge in [0.05, 0.1) is 0 Å². The van der Waals surface area contributed by atoms with Crippen LogP contribution in [0.2, 0.25) is 0 Å². The summed E-state index contributed by atoms with van der Waals surface area (Å²) in [7, 11) is 0. The number of amides is 2. The van der Waals surface area contributed by atoms with E-state index in [2.05, 4.69) is 22.8 Å². The van der Waals surface area contributed by atoms with Crippen LogP contribution in [0.1, 0.15) is 31.4 Å². The molecule has 0 aliphatic rings. The Kier molecular flexibility index (Phi) is 6.17. The number of carbonyl (C=O) groups is 2. The third kappa shape index (κ3) is 5.95. The molecule has 0 spiro atoms. The van der Waals surface area contributed by atoms with Crippen molar-refractivity contribution in [1.29, 1.82) is 0 Å². The third-order valence-corrected chi connectivity index (χ3v) is 4.00. The molecule has 0 radical (unpaired) electrons. The minimum atomic E-state index is -1.03. The fraction of sp³-hybridized carbons (Fsp3) is 0.300. The molecule has 2 rings (SSSR count). The number of hydrogen-bond donors (Lipinski definition) is 3. The summed E-state index contributed by atoms with van der Waals surface area (Å²) in [6.07, 6.45) is 0.924. The Bertz CT molecular complexity index is 709. The smallest absolute Gasteiger partial charge is 0.242 e. The standard InChI is InChI=1S/C20H25N3O2/c1-20(2,19(21)25)23-18(24)13-10-15-8-11-17(12-9-15)22-14-16-6-4-3-5-7-16/h3-9,11-12,22H,10,13-14H2,1-2H3,(H2,21,25)(H,23,24). The number of primary amides is 1. The highest BCUT2D eigenvalue weighted by molar-refractivity contribution is 5.89. The number of nitrogens with two attached hydrogens (primary N) is 1. The summed E-state index contributed by atoms with van der Waals surface area (Å²) in [6.45, 7) is 3.96. The average Bonchev–Trinajstić information content (AvgIpc) is 2.59. The largest absolute Gasteiger partial charge is 0.381 e. The Morgan fingerprint density at radius 1 is 0.960 bits per heavy atom. The van der Waals surface area contributed by atoms with Crippen LogP contribution in [0, 0.1) is 0 Å². The summed E-state index contributed by atoms with van der Waals surface area (Å²) in [5.41, 5.74) is 7.55. The first-order valence-corrected chi connectivity index (χ1v) is 8.34. The second kappa shape index (κ2) is 8.33. The summed E-state index contributed by atoms with van der Waals surface area (Å²) in [6, 6.07) is 18.2. The molecule has 0 atom stereocenters. The second-order valence-corrected chi connectivity index (χ2v) is 6.57. The SMILES string of the molecule is CC(C)(NC(=O)CCc1ccc(NCc2ccccc2)cc1)C(N)=O. The Hall–Kier alpha value is -2.82. The lowest BCUT2D eigenvalue weighted by atomic mass is 10.0. The van der Waals surface area contributed by atoms with Gasteiger partial charge in [-0.15, -0.1) is 0 Å². The van der Waals surface area contributed by atoms with Crippen LogP contribution >= 0.6 is 0 Å². The maximum Gasteiger partial charge on any atom is 0.242 e. The summed E-state index contributed by atoms with van der Waals surface area (Å²) < 4.78 is 0. The Labute approximate surface area is 148 Å². The first-order chi connectivity index (χ1) is 11.9. The molecule has 25 heavy (non-hydrogen) atoms. The molecule has 132 valence electrons. The monoisotopic (exact) mass is 339 g/mol. The van der Waals surface area contributed by atoms with Crippen molar-refractivity contribution in [2.45, 2.75) is 38.8 Å². The molecule has 5 nitrogen and oxygen atoms in total. The maximum atomic E-state index is 11.9. The van der Waals surface area contributed by atoms with Crippen LogP contribution in [0.3, 0.4) is 0 Å². The second-order valence-electron chi connectivity index (χ2n) is 6.57. The zero-order valence-corrected chi connectivity index (χ0v) is 14.7. The zero-order valence-electron chi connectivity index (χ0n) is 14.7. The summed E-state index contributed by atoms with van der Waals surface area (Å²) >= 11 is 0. The van der Waals surface area contributed by atoms with E-state index in [1.165, 1.54) is 5.56 Å². The van der Waals surface area contributed by atoms with Crippen molar-refractivity contribution in [2.75, 3.05) is 5.32 Å². The van der Waals surface area contributed by atoms with Crippen molar-refractivity contribution < 1.29 is 9.59 Å². The van der Waals surface area contributed by atoms with Gasteiger partial charge >= 0.3 is 0 Å². The van der Waals surface area contributed by atoms with E-state index in [1.54, 1.807) is 13.8 Å². The van der Waals surface area contributed by atoms with Crippen LogP contribution in [0.4, 0.5) is 5.69 Å². The van der Waals surface area contributed by atoms with Crippen LogP contribution in [0.5, 0.6) is 0 Å². The van der Waals surface area contributed by atoms with Gasteiger partial charge in [-0.2, -0.15) is 0 Å². The highest BCUT2D eigenvalue weighted by Gasteiger charge is 2.26. The van der Waals surface area contributed by atoms with Crippen molar-refractivity contribution >= 4 is 17.5 Å². The van der Waals surface area contributed by atoms with E-state index >= 15 is 0 Å². The lowest BCUT2D eigenvalue weighted by molar-refractivity contribution is -0.130. The number of rotatable bonds is 8. The molecule has 0 fully saturated rings. The predicted molar refractivity (Wildman–Crippen MR) is 99.9 cm³/mol. The van der Waals surface area contributed by atoms with E-state index < -0.39 is 11.4 Å². The minimum absolute atomic E-state index is 0.185. The molecule has 2 aromatic rings. The molecule has 0 aliphatic carbocycles. The number of benzene rings is 2. The van der Waals surface area contributed by atoms with Crippen molar-refractivity contribution in [3.63, 3.8) is 0 Å². The fourth-order valence-electron chi connectivity index (χ4n) is 2.32. The first kappa shape index (κ1) is 18.5. The van der Waals surface area contributed by atoms with Crippen LogP contribution in [0.15, 0.2) is 54.6 Å². The normalized spacial score (nSPS) is 11.0. The first-order valence-electron chi connectivity index (χ1n) is 8.34.